The molecule has 0 amide bonds. The molecule has 2 unspecified atom stereocenters. The van der Waals surface area contributed by atoms with Gasteiger partial charge in [0.2, 0.25) is 0 Å². The molecule has 0 aromatic heterocycles. The first-order chi connectivity index (χ1) is 9.27. The molecule has 4 heteroatoms. The zero-order valence-corrected chi connectivity index (χ0v) is 11.6. The number of hydrogen-bond donors (Lipinski definition) is 0. The molecule has 0 bridgehead atoms. The maximum absolute atomic E-state index is 12.4. The number of ketones is 1. The molecule has 1 spiro atoms. The van der Waals surface area contributed by atoms with Gasteiger partial charge in [0, 0.05) is 38.8 Å². The summed E-state index contributed by atoms with van der Waals surface area (Å²) in [5, 5.41) is 0. The molecule has 19 heavy (non-hydrogen) atoms. The Morgan fingerprint density at radius 2 is 1.95 bits per heavy atom. The van der Waals surface area contributed by atoms with Gasteiger partial charge in [0.15, 0.2) is 0 Å². The first-order valence-corrected chi connectivity index (χ1v) is 7.63. The Hall–Kier alpha value is -0.450. The van der Waals surface area contributed by atoms with Crippen LogP contribution in [0.5, 0.6) is 0 Å². The molecule has 3 rings (SSSR count). The van der Waals surface area contributed by atoms with E-state index in [9.17, 15) is 4.79 Å². The topological polar surface area (TPSA) is 44.8 Å². The third-order valence-corrected chi connectivity index (χ3v) is 4.81. The standard InChI is InChI=1S/C15H24O4/c16-14(10-13-2-1-6-18-13)12-3-7-19-15(11-12)4-8-17-9-5-15/h12-13H,1-11H2. The van der Waals surface area contributed by atoms with Crippen LogP contribution in [0.25, 0.3) is 0 Å². The van der Waals surface area contributed by atoms with Gasteiger partial charge < -0.3 is 14.2 Å². The highest BCUT2D eigenvalue weighted by Gasteiger charge is 2.41. The third kappa shape index (κ3) is 3.18. The zero-order valence-electron chi connectivity index (χ0n) is 11.6. The minimum Gasteiger partial charge on any atom is -0.381 e. The molecule has 3 aliphatic heterocycles. The van der Waals surface area contributed by atoms with Gasteiger partial charge in [-0.15, -0.1) is 0 Å². The van der Waals surface area contributed by atoms with Crippen LogP contribution in [0.15, 0.2) is 0 Å². The molecule has 2 atom stereocenters. The Morgan fingerprint density at radius 3 is 2.68 bits per heavy atom. The first-order valence-electron chi connectivity index (χ1n) is 7.63. The van der Waals surface area contributed by atoms with Crippen molar-refractivity contribution in [3.63, 3.8) is 0 Å². The lowest BCUT2D eigenvalue weighted by Crippen LogP contribution is -2.46. The van der Waals surface area contributed by atoms with E-state index < -0.39 is 0 Å². The van der Waals surface area contributed by atoms with Crippen molar-refractivity contribution in [3.8, 4) is 0 Å². The highest BCUT2D eigenvalue weighted by Crippen LogP contribution is 2.38. The normalized spacial score (nSPS) is 34.5. The van der Waals surface area contributed by atoms with Crippen LogP contribution in [0.3, 0.4) is 0 Å². The predicted molar refractivity (Wildman–Crippen MR) is 70.1 cm³/mol. The quantitative estimate of drug-likeness (QED) is 0.786. The molecule has 0 N–H and O–H groups in total. The van der Waals surface area contributed by atoms with Gasteiger partial charge in [-0.25, -0.2) is 0 Å². The van der Waals surface area contributed by atoms with Gasteiger partial charge in [0.25, 0.3) is 0 Å². The molecule has 0 aromatic rings. The Bertz CT molecular complexity index is 311. The van der Waals surface area contributed by atoms with E-state index in [1.807, 2.05) is 0 Å². The molecule has 0 saturated carbocycles. The third-order valence-electron chi connectivity index (χ3n) is 4.81. The molecule has 3 heterocycles. The molecule has 0 aromatic carbocycles. The summed E-state index contributed by atoms with van der Waals surface area (Å²) in [6.45, 7) is 3.09. The van der Waals surface area contributed by atoms with Gasteiger partial charge >= 0.3 is 0 Å². The maximum atomic E-state index is 12.4. The van der Waals surface area contributed by atoms with Crippen molar-refractivity contribution in [2.24, 2.45) is 5.92 Å². The van der Waals surface area contributed by atoms with Crippen LogP contribution in [0, 0.1) is 5.92 Å². The van der Waals surface area contributed by atoms with E-state index in [0.29, 0.717) is 12.2 Å². The highest BCUT2D eigenvalue weighted by atomic mass is 16.5. The first kappa shape index (κ1) is 13.5. The lowest BCUT2D eigenvalue weighted by Gasteiger charge is -2.43. The van der Waals surface area contributed by atoms with E-state index in [0.717, 1.165) is 65.0 Å². The van der Waals surface area contributed by atoms with Crippen molar-refractivity contribution in [1.29, 1.82) is 0 Å². The Balaban J connectivity index is 1.56. The Kier molecular flexibility index (Phi) is 4.20. The van der Waals surface area contributed by atoms with E-state index in [-0.39, 0.29) is 17.6 Å². The Labute approximate surface area is 114 Å². The number of Topliss-reactive ketones (excluding diaryl/α,β-unsaturated/α-hetero) is 1. The lowest BCUT2D eigenvalue weighted by molar-refractivity contribution is -0.158. The largest absolute Gasteiger partial charge is 0.381 e. The van der Waals surface area contributed by atoms with E-state index in [4.69, 9.17) is 14.2 Å². The Morgan fingerprint density at radius 1 is 1.11 bits per heavy atom. The van der Waals surface area contributed by atoms with E-state index in [1.54, 1.807) is 0 Å². The van der Waals surface area contributed by atoms with Crippen molar-refractivity contribution in [2.45, 2.75) is 56.7 Å². The van der Waals surface area contributed by atoms with Crippen molar-refractivity contribution in [1.82, 2.24) is 0 Å². The van der Waals surface area contributed by atoms with Crippen molar-refractivity contribution >= 4 is 5.78 Å². The minimum atomic E-state index is -0.0760. The number of rotatable bonds is 3. The van der Waals surface area contributed by atoms with Crippen molar-refractivity contribution < 1.29 is 19.0 Å². The number of carbonyl (C=O) groups is 1. The summed E-state index contributed by atoms with van der Waals surface area (Å²) in [5.41, 5.74) is -0.0760. The van der Waals surface area contributed by atoms with Gasteiger partial charge in [-0.05, 0) is 38.5 Å². The minimum absolute atomic E-state index is 0.0760. The summed E-state index contributed by atoms with van der Waals surface area (Å²) >= 11 is 0. The second-order valence-electron chi connectivity index (χ2n) is 6.14. The zero-order chi connectivity index (χ0) is 13.1. The number of carbonyl (C=O) groups excluding carboxylic acids is 1. The van der Waals surface area contributed by atoms with Gasteiger partial charge in [0.1, 0.15) is 5.78 Å². The summed E-state index contributed by atoms with van der Waals surface area (Å²) in [5.74, 6) is 0.567. The van der Waals surface area contributed by atoms with Gasteiger partial charge in [-0.2, -0.15) is 0 Å². The van der Waals surface area contributed by atoms with Crippen molar-refractivity contribution in [2.75, 3.05) is 26.4 Å². The van der Waals surface area contributed by atoms with Crippen molar-refractivity contribution in [3.05, 3.63) is 0 Å². The fraction of sp³-hybridized carbons (Fsp3) is 0.933. The van der Waals surface area contributed by atoms with Crippen LogP contribution in [0.4, 0.5) is 0 Å². The van der Waals surface area contributed by atoms with Gasteiger partial charge in [-0.1, -0.05) is 0 Å². The van der Waals surface area contributed by atoms with Crippen LogP contribution >= 0.6 is 0 Å². The van der Waals surface area contributed by atoms with Crippen LogP contribution in [-0.4, -0.2) is 43.9 Å². The monoisotopic (exact) mass is 268 g/mol. The summed E-state index contributed by atoms with van der Waals surface area (Å²) in [6.07, 6.45) is 6.60. The smallest absolute Gasteiger partial charge is 0.138 e. The summed E-state index contributed by atoms with van der Waals surface area (Å²) in [6, 6.07) is 0. The second kappa shape index (κ2) is 5.90. The molecular weight excluding hydrogens is 244 g/mol. The predicted octanol–water partition coefficient (Wildman–Crippen LogP) is 2.10. The van der Waals surface area contributed by atoms with Gasteiger partial charge in [-0.3, -0.25) is 4.79 Å². The average Bonchev–Trinajstić information content (AvgIpc) is 2.92. The average molecular weight is 268 g/mol. The molecule has 3 aliphatic rings. The fourth-order valence-electron chi connectivity index (χ4n) is 3.59. The molecule has 3 saturated heterocycles. The SMILES string of the molecule is O=C(CC1CCCO1)C1CCOC2(CCOCC2)C1. The fourth-order valence-corrected chi connectivity index (χ4v) is 3.59. The maximum Gasteiger partial charge on any atom is 0.138 e. The van der Waals surface area contributed by atoms with E-state index in [1.165, 1.54) is 0 Å². The molecular formula is C15H24O4. The molecule has 0 aliphatic carbocycles. The van der Waals surface area contributed by atoms with Crippen LogP contribution in [-0.2, 0) is 19.0 Å². The number of hydrogen-bond acceptors (Lipinski definition) is 4. The summed E-state index contributed by atoms with van der Waals surface area (Å²) < 4.78 is 17.0. The summed E-state index contributed by atoms with van der Waals surface area (Å²) in [7, 11) is 0. The van der Waals surface area contributed by atoms with Crippen LogP contribution in [0.1, 0.15) is 44.9 Å². The summed E-state index contributed by atoms with van der Waals surface area (Å²) in [4.78, 5) is 12.4. The van der Waals surface area contributed by atoms with E-state index in [2.05, 4.69) is 0 Å². The lowest BCUT2D eigenvalue weighted by atomic mass is 9.78. The number of ether oxygens (including phenoxy) is 3. The molecule has 3 fully saturated rings. The van der Waals surface area contributed by atoms with Crippen LogP contribution < -0.4 is 0 Å². The molecule has 0 radical (unpaired) electrons. The highest BCUT2D eigenvalue weighted by molar-refractivity contribution is 5.81. The van der Waals surface area contributed by atoms with Gasteiger partial charge in [0.05, 0.1) is 11.7 Å². The second-order valence-corrected chi connectivity index (χ2v) is 6.14. The molecule has 4 nitrogen and oxygen atoms in total. The van der Waals surface area contributed by atoms with E-state index >= 15 is 0 Å². The van der Waals surface area contributed by atoms with Crippen LogP contribution in [0.2, 0.25) is 0 Å². The molecule has 108 valence electrons.